The number of nitrogens with one attached hydrogen (secondary N) is 1. The molecule has 1 heterocycles. The molecule has 2 aromatic rings. The van der Waals surface area contributed by atoms with Gasteiger partial charge >= 0.3 is 0 Å². The van der Waals surface area contributed by atoms with E-state index in [0.717, 1.165) is 17.7 Å². The third kappa shape index (κ3) is 3.60. The largest absolute Gasteiger partial charge is 0.346 e. The van der Waals surface area contributed by atoms with Gasteiger partial charge in [-0.1, -0.05) is 29.8 Å². The first-order valence-corrected chi connectivity index (χ1v) is 8.39. The van der Waals surface area contributed by atoms with E-state index in [1.165, 1.54) is 0 Å². The topological polar surface area (TPSA) is 49.4 Å². The summed E-state index contributed by atoms with van der Waals surface area (Å²) in [4.78, 5) is 26.1. The molecule has 4 nitrogen and oxygen atoms in total. The molecule has 2 aromatic carbocycles. The van der Waals surface area contributed by atoms with Crippen molar-refractivity contribution in [3.05, 3.63) is 64.7 Å². The van der Waals surface area contributed by atoms with Gasteiger partial charge in [-0.2, -0.15) is 0 Å². The molecule has 124 valence electrons. The second-order valence-electron chi connectivity index (χ2n) is 5.95. The summed E-state index contributed by atoms with van der Waals surface area (Å²) >= 11 is 5.89. The molecule has 0 aliphatic carbocycles. The van der Waals surface area contributed by atoms with Gasteiger partial charge in [-0.15, -0.1) is 0 Å². The first-order valence-electron chi connectivity index (χ1n) is 8.01. The quantitative estimate of drug-likeness (QED) is 0.914. The zero-order chi connectivity index (χ0) is 17.1. The Bertz CT molecular complexity index is 758. The van der Waals surface area contributed by atoms with E-state index >= 15 is 0 Å². The zero-order valence-corrected chi connectivity index (χ0v) is 14.2. The first-order chi connectivity index (χ1) is 11.5. The fourth-order valence-corrected chi connectivity index (χ4v) is 2.98. The van der Waals surface area contributed by atoms with Gasteiger partial charge < -0.3 is 10.2 Å². The molecule has 2 amide bonds. The fraction of sp³-hybridized carbons (Fsp3) is 0.263. The summed E-state index contributed by atoms with van der Waals surface area (Å²) in [6.07, 6.45) is 1.44. The summed E-state index contributed by atoms with van der Waals surface area (Å²) in [6, 6.07) is 14.5. The molecule has 0 saturated carbocycles. The number of hydrogen-bond donors (Lipinski definition) is 1. The van der Waals surface area contributed by atoms with Crippen LogP contribution in [0.5, 0.6) is 0 Å². The molecule has 1 fully saturated rings. The van der Waals surface area contributed by atoms with E-state index in [9.17, 15) is 9.59 Å². The van der Waals surface area contributed by atoms with E-state index in [1.807, 2.05) is 31.2 Å². The SMILES string of the molecule is CC(NC(=O)c1cccc(N2CCCC2=O)c1)c1ccc(Cl)cc1. The van der Waals surface area contributed by atoms with Gasteiger partial charge in [0.25, 0.3) is 5.91 Å². The molecule has 1 atom stereocenters. The lowest BCUT2D eigenvalue weighted by atomic mass is 10.1. The van der Waals surface area contributed by atoms with E-state index in [1.54, 1.807) is 29.2 Å². The predicted octanol–water partition coefficient (Wildman–Crippen LogP) is 3.96. The molecule has 5 heteroatoms. The molecule has 1 aliphatic rings. The number of nitrogens with zero attached hydrogens (tertiary/aromatic N) is 1. The molecule has 3 rings (SSSR count). The van der Waals surface area contributed by atoms with Crippen LogP contribution in [0.3, 0.4) is 0 Å². The molecule has 1 unspecified atom stereocenters. The van der Waals surface area contributed by atoms with Gasteiger partial charge in [-0.25, -0.2) is 0 Å². The molecular weight excluding hydrogens is 324 g/mol. The monoisotopic (exact) mass is 342 g/mol. The third-order valence-electron chi connectivity index (χ3n) is 4.21. The molecule has 1 saturated heterocycles. The highest BCUT2D eigenvalue weighted by atomic mass is 35.5. The van der Waals surface area contributed by atoms with Crippen LogP contribution in [0.2, 0.25) is 5.02 Å². The van der Waals surface area contributed by atoms with Crippen LogP contribution in [0, 0.1) is 0 Å². The number of anilines is 1. The molecule has 0 radical (unpaired) electrons. The summed E-state index contributed by atoms with van der Waals surface area (Å²) in [6.45, 7) is 2.64. The number of benzene rings is 2. The van der Waals surface area contributed by atoms with E-state index in [-0.39, 0.29) is 17.9 Å². The minimum absolute atomic E-state index is 0.113. The van der Waals surface area contributed by atoms with Gasteiger partial charge in [-0.3, -0.25) is 9.59 Å². The van der Waals surface area contributed by atoms with E-state index in [0.29, 0.717) is 23.6 Å². The minimum atomic E-state index is -0.161. The Morgan fingerprint density at radius 2 is 1.96 bits per heavy atom. The van der Waals surface area contributed by atoms with Gasteiger partial charge in [0.2, 0.25) is 5.91 Å². The smallest absolute Gasteiger partial charge is 0.251 e. The standard InChI is InChI=1S/C19H19ClN2O2/c1-13(14-7-9-16(20)10-8-14)21-19(24)15-4-2-5-17(12-15)22-11-3-6-18(22)23/h2,4-5,7-10,12-13H,3,6,11H2,1H3,(H,21,24). The summed E-state index contributed by atoms with van der Waals surface area (Å²) in [5.74, 6) is -0.0481. The van der Waals surface area contributed by atoms with Crippen LogP contribution in [0.25, 0.3) is 0 Å². The van der Waals surface area contributed by atoms with Crippen LogP contribution in [-0.2, 0) is 4.79 Å². The maximum atomic E-state index is 12.5. The highest BCUT2D eigenvalue weighted by Crippen LogP contribution is 2.23. The Morgan fingerprint density at radius 1 is 1.21 bits per heavy atom. The normalized spacial score (nSPS) is 15.4. The summed E-state index contributed by atoms with van der Waals surface area (Å²) in [5, 5.41) is 3.64. The second-order valence-corrected chi connectivity index (χ2v) is 6.38. The number of halogens is 1. The van der Waals surface area contributed by atoms with Crippen molar-refractivity contribution in [2.24, 2.45) is 0 Å². The number of amides is 2. The van der Waals surface area contributed by atoms with Crippen LogP contribution in [0.15, 0.2) is 48.5 Å². The highest BCUT2D eigenvalue weighted by molar-refractivity contribution is 6.30. The van der Waals surface area contributed by atoms with Crippen LogP contribution in [-0.4, -0.2) is 18.4 Å². The van der Waals surface area contributed by atoms with Crippen molar-refractivity contribution in [2.45, 2.75) is 25.8 Å². The van der Waals surface area contributed by atoms with Crippen LogP contribution < -0.4 is 10.2 Å². The lowest BCUT2D eigenvalue weighted by molar-refractivity contribution is -0.117. The van der Waals surface area contributed by atoms with Crippen molar-refractivity contribution >= 4 is 29.1 Å². The lowest BCUT2D eigenvalue weighted by Gasteiger charge is -2.18. The van der Waals surface area contributed by atoms with Crippen LogP contribution >= 0.6 is 11.6 Å². The van der Waals surface area contributed by atoms with E-state index in [4.69, 9.17) is 11.6 Å². The third-order valence-corrected chi connectivity index (χ3v) is 4.46. The van der Waals surface area contributed by atoms with Crippen molar-refractivity contribution in [1.82, 2.24) is 5.32 Å². The zero-order valence-electron chi connectivity index (χ0n) is 13.5. The van der Waals surface area contributed by atoms with Crippen molar-refractivity contribution in [2.75, 3.05) is 11.4 Å². The van der Waals surface area contributed by atoms with E-state index < -0.39 is 0 Å². The molecular formula is C19H19ClN2O2. The summed E-state index contributed by atoms with van der Waals surface area (Å²) in [5.41, 5.74) is 2.32. The average Bonchev–Trinajstić information content (AvgIpc) is 3.01. The maximum absolute atomic E-state index is 12.5. The van der Waals surface area contributed by atoms with Gasteiger partial charge in [0.15, 0.2) is 0 Å². The number of carbonyl (C=O) groups is 2. The lowest BCUT2D eigenvalue weighted by Crippen LogP contribution is -2.27. The van der Waals surface area contributed by atoms with Crippen molar-refractivity contribution in [3.63, 3.8) is 0 Å². The van der Waals surface area contributed by atoms with Crippen molar-refractivity contribution in [1.29, 1.82) is 0 Å². The van der Waals surface area contributed by atoms with Crippen LogP contribution in [0.1, 0.15) is 41.7 Å². The van der Waals surface area contributed by atoms with Gasteiger partial charge in [0, 0.05) is 29.2 Å². The second kappa shape index (κ2) is 7.05. The van der Waals surface area contributed by atoms with Crippen molar-refractivity contribution in [3.8, 4) is 0 Å². The van der Waals surface area contributed by atoms with Gasteiger partial charge in [0.05, 0.1) is 6.04 Å². The van der Waals surface area contributed by atoms with Gasteiger partial charge in [-0.05, 0) is 49.2 Å². The Kier molecular flexibility index (Phi) is 4.86. The van der Waals surface area contributed by atoms with Crippen LogP contribution in [0.4, 0.5) is 5.69 Å². The Labute approximate surface area is 146 Å². The fourth-order valence-electron chi connectivity index (χ4n) is 2.85. The molecule has 0 spiro atoms. The minimum Gasteiger partial charge on any atom is -0.346 e. The Balaban J connectivity index is 1.73. The molecule has 24 heavy (non-hydrogen) atoms. The number of hydrogen-bond acceptors (Lipinski definition) is 2. The van der Waals surface area contributed by atoms with Gasteiger partial charge in [0.1, 0.15) is 0 Å². The first kappa shape index (κ1) is 16.5. The Hall–Kier alpha value is -2.33. The maximum Gasteiger partial charge on any atom is 0.251 e. The highest BCUT2D eigenvalue weighted by Gasteiger charge is 2.22. The summed E-state index contributed by atoms with van der Waals surface area (Å²) in [7, 11) is 0. The molecule has 1 N–H and O–H groups in total. The Morgan fingerprint density at radius 3 is 2.62 bits per heavy atom. The predicted molar refractivity (Wildman–Crippen MR) is 95.4 cm³/mol. The summed E-state index contributed by atoms with van der Waals surface area (Å²) < 4.78 is 0. The molecule has 0 bridgehead atoms. The van der Waals surface area contributed by atoms with E-state index in [2.05, 4.69) is 5.32 Å². The molecule has 1 aliphatic heterocycles. The molecule has 0 aromatic heterocycles. The average molecular weight is 343 g/mol. The number of rotatable bonds is 4. The number of carbonyl (C=O) groups excluding carboxylic acids is 2. The van der Waals surface area contributed by atoms with Crippen molar-refractivity contribution < 1.29 is 9.59 Å².